The van der Waals surface area contributed by atoms with Crippen LogP contribution < -0.4 is 10.5 Å². The van der Waals surface area contributed by atoms with Crippen LogP contribution in [0.1, 0.15) is 0 Å². The maximum atomic E-state index is 9.71. The maximum absolute atomic E-state index is 9.71. The van der Waals surface area contributed by atoms with E-state index < -0.39 is 6.10 Å². The van der Waals surface area contributed by atoms with Gasteiger partial charge in [0.2, 0.25) is 5.95 Å². The third-order valence-electron chi connectivity index (χ3n) is 2.13. The Hall–Kier alpha value is -2.15. The molecular formula is C10H13N5O2. The van der Waals surface area contributed by atoms with Gasteiger partial charge in [-0.05, 0) is 22.6 Å². The smallest absolute Gasteiger partial charge is 0.240 e. The number of nitrogens with two attached hydrogens (primary N) is 1. The molecule has 0 aliphatic rings. The van der Waals surface area contributed by atoms with E-state index in [1.54, 1.807) is 0 Å². The van der Waals surface area contributed by atoms with Gasteiger partial charge in [-0.3, -0.25) is 0 Å². The van der Waals surface area contributed by atoms with E-state index in [0.717, 1.165) is 0 Å². The van der Waals surface area contributed by atoms with Crippen LogP contribution in [-0.2, 0) is 6.54 Å². The quantitative estimate of drug-likeness (QED) is 0.737. The summed E-state index contributed by atoms with van der Waals surface area (Å²) < 4.78 is 6.70. The van der Waals surface area contributed by atoms with Crippen molar-refractivity contribution in [3.63, 3.8) is 0 Å². The summed E-state index contributed by atoms with van der Waals surface area (Å²) in [6.07, 6.45) is -0.721. The third kappa shape index (κ3) is 3.15. The highest BCUT2D eigenvalue weighted by molar-refractivity contribution is 5.20. The number of para-hydroxylation sites is 1. The van der Waals surface area contributed by atoms with Crippen LogP contribution in [-0.4, -0.2) is 38.0 Å². The summed E-state index contributed by atoms with van der Waals surface area (Å²) in [7, 11) is 0. The number of aliphatic hydroxyl groups excluding tert-OH is 1. The van der Waals surface area contributed by atoms with Crippen LogP contribution in [0.25, 0.3) is 0 Å². The summed E-state index contributed by atoms with van der Waals surface area (Å²) in [4.78, 5) is 0. The Morgan fingerprint density at radius 1 is 1.35 bits per heavy atom. The monoisotopic (exact) mass is 235 g/mol. The number of nitrogens with zero attached hydrogens (tertiary/aromatic N) is 4. The molecule has 7 heteroatoms. The first-order valence-electron chi connectivity index (χ1n) is 5.13. The molecule has 0 saturated carbocycles. The molecule has 0 fully saturated rings. The molecule has 0 bridgehead atoms. The van der Waals surface area contributed by atoms with Crippen LogP contribution in [0, 0.1) is 0 Å². The second-order valence-corrected chi connectivity index (χ2v) is 3.50. The van der Waals surface area contributed by atoms with E-state index in [2.05, 4.69) is 15.5 Å². The number of anilines is 1. The Morgan fingerprint density at radius 3 is 2.76 bits per heavy atom. The summed E-state index contributed by atoms with van der Waals surface area (Å²) >= 11 is 0. The van der Waals surface area contributed by atoms with Crippen molar-refractivity contribution in [2.75, 3.05) is 12.3 Å². The summed E-state index contributed by atoms with van der Waals surface area (Å²) in [6.45, 7) is 0.356. The summed E-state index contributed by atoms with van der Waals surface area (Å²) in [5.74, 6) is 0.875. The molecule has 0 amide bonds. The first-order valence-corrected chi connectivity index (χ1v) is 5.13. The summed E-state index contributed by atoms with van der Waals surface area (Å²) in [6, 6.07) is 9.25. The van der Waals surface area contributed by atoms with Crippen molar-refractivity contribution in [3.05, 3.63) is 30.3 Å². The first kappa shape index (κ1) is 11.3. The van der Waals surface area contributed by atoms with E-state index in [1.807, 2.05) is 30.3 Å². The Morgan fingerprint density at radius 2 is 2.12 bits per heavy atom. The molecule has 0 aliphatic carbocycles. The lowest BCUT2D eigenvalue weighted by atomic mass is 10.3. The molecule has 2 rings (SSSR count). The zero-order chi connectivity index (χ0) is 12.1. The second-order valence-electron chi connectivity index (χ2n) is 3.50. The van der Waals surface area contributed by atoms with Crippen LogP contribution in [0.4, 0.5) is 5.95 Å². The van der Waals surface area contributed by atoms with Crippen molar-refractivity contribution in [2.24, 2.45) is 0 Å². The minimum absolute atomic E-state index is 0.156. The molecule has 2 aromatic rings. The number of nitrogen functional groups attached to an aromatic ring is 1. The number of tetrazole rings is 1. The number of ether oxygens (including phenoxy) is 1. The van der Waals surface area contributed by atoms with E-state index in [9.17, 15) is 5.11 Å². The van der Waals surface area contributed by atoms with Gasteiger partial charge < -0.3 is 15.6 Å². The van der Waals surface area contributed by atoms with Gasteiger partial charge in [0, 0.05) is 0 Å². The first-order chi connectivity index (χ1) is 8.25. The van der Waals surface area contributed by atoms with Crippen molar-refractivity contribution in [3.8, 4) is 5.75 Å². The highest BCUT2D eigenvalue weighted by atomic mass is 16.5. The molecule has 1 heterocycles. The van der Waals surface area contributed by atoms with E-state index in [-0.39, 0.29) is 19.1 Å². The molecule has 0 unspecified atom stereocenters. The van der Waals surface area contributed by atoms with Crippen molar-refractivity contribution in [1.29, 1.82) is 0 Å². The van der Waals surface area contributed by atoms with E-state index in [4.69, 9.17) is 10.5 Å². The number of aromatic nitrogens is 4. The van der Waals surface area contributed by atoms with Gasteiger partial charge in [-0.25, -0.2) is 4.68 Å². The standard InChI is InChI=1S/C10H13N5O2/c11-10-12-13-14-15(10)6-8(16)7-17-9-4-2-1-3-5-9/h1-5,8,16H,6-7H2,(H2,11,12,14)/t8-/m0/s1. The maximum Gasteiger partial charge on any atom is 0.240 e. The Balaban J connectivity index is 1.82. The number of benzene rings is 1. The molecule has 1 aromatic carbocycles. The van der Waals surface area contributed by atoms with Gasteiger partial charge in [0.25, 0.3) is 0 Å². The molecule has 17 heavy (non-hydrogen) atoms. The molecule has 0 spiro atoms. The summed E-state index contributed by atoms with van der Waals surface area (Å²) in [5.41, 5.74) is 5.47. The highest BCUT2D eigenvalue weighted by Crippen LogP contribution is 2.08. The number of hydrogen-bond donors (Lipinski definition) is 2. The fourth-order valence-electron chi connectivity index (χ4n) is 1.30. The van der Waals surface area contributed by atoms with Crippen molar-refractivity contribution in [1.82, 2.24) is 20.2 Å². The Kier molecular flexibility index (Phi) is 3.51. The molecule has 90 valence electrons. The average molecular weight is 235 g/mol. The fourth-order valence-corrected chi connectivity index (χ4v) is 1.30. The highest BCUT2D eigenvalue weighted by Gasteiger charge is 2.09. The van der Waals surface area contributed by atoms with Gasteiger partial charge in [-0.2, -0.15) is 0 Å². The van der Waals surface area contributed by atoms with Gasteiger partial charge in [0.1, 0.15) is 18.5 Å². The molecule has 0 radical (unpaired) electrons. The number of hydrogen-bond acceptors (Lipinski definition) is 6. The van der Waals surface area contributed by atoms with Crippen LogP contribution in [0.2, 0.25) is 0 Å². The van der Waals surface area contributed by atoms with Gasteiger partial charge >= 0.3 is 0 Å². The van der Waals surface area contributed by atoms with Crippen molar-refractivity contribution in [2.45, 2.75) is 12.6 Å². The minimum atomic E-state index is -0.721. The van der Waals surface area contributed by atoms with Crippen LogP contribution in [0.15, 0.2) is 30.3 Å². The fraction of sp³-hybridized carbons (Fsp3) is 0.300. The number of aliphatic hydroxyl groups is 1. The van der Waals surface area contributed by atoms with Crippen LogP contribution >= 0.6 is 0 Å². The Bertz CT molecular complexity index is 459. The second kappa shape index (κ2) is 5.26. The predicted octanol–water partition coefficient (Wildman–Crippen LogP) is -0.305. The molecule has 3 N–H and O–H groups in total. The van der Waals surface area contributed by atoms with Crippen LogP contribution in [0.5, 0.6) is 5.75 Å². The van der Waals surface area contributed by atoms with Crippen molar-refractivity contribution < 1.29 is 9.84 Å². The zero-order valence-electron chi connectivity index (χ0n) is 9.10. The lowest BCUT2D eigenvalue weighted by Gasteiger charge is -2.12. The zero-order valence-corrected chi connectivity index (χ0v) is 9.10. The predicted molar refractivity (Wildman–Crippen MR) is 60.2 cm³/mol. The topological polar surface area (TPSA) is 99.1 Å². The molecule has 0 aliphatic heterocycles. The van der Waals surface area contributed by atoms with E-state index >= 15 is 0 Å². The molecular weight excluding hydrogens is 222 g/mol. The molecule has 0 saturated heterocycles. The largest absolute Gasteiger partial charge is 0.491 e. The van der Waals surface area contributed by atoms with E-state index in [1.165, 1.54) is 4.68 Å². The van der Waals surface area contributed by atoms with Gasteiger partial charge in [0.05, 0.1) is 6.54 Å². The van der Waals surface area contributed by atoms with E-state index in [0.29, 0.717) is 5.75 Å². The Labute approximate surface area is 97.8 Å². The summed E-state index contributed by atoms with van der Waals surface area (Å²) in [5, 5.41) is 20.2. The SMILES string of the molecule is Nc1nnnn1C[C@H](O)COc1ccccc1. The van der Waals surface area contributed by atoms with Gasteiger partial charge in [0.15, 0.2) is 0 Å². The van der Waals surface area contributed by atoms with Crippen LogP contribution in [0.3, 0.4) is 0 Å². The lowest BCUT2D eigenvalue weighted by molar-refractivity contribution is 0.0894. The van der Waals surface area contributed by atoms with Gasteiger partial charge in [-0.1, -0.05) is 23.3 Å². The minimum Gasteiger partial charge on any atom is -0.491 e. The number of rotatable bonds is 5. The van der Waals surface area contributed by atoms with Gasteiger partial charge in [-0.15, -0.1) is 0 Å². The molecule has 1 aromatic heterocycles. The molecule has 1 atom stereocenters. The molecule has 7 nitrogen and oxygen atoms in total. The van der Waals surface area contributed by atoms with Crippen molar-refractivity contribution >= 4 is 5.95 Å². The lowest BCUT2D eigenvalue weighted by Crippen LogP contribution is -2.25. The average Bonchev–Trinajstić information content (AvgIpc) is 2.74. The third-order valence-corrected chi connectivity index (χ3v) is 2.13. The normalized spacial score (nSPS) is 12.3.